The molecular formula is C14H21NO3S. The van der Waals surface area contributed by atoms with Gasteiger partial charge in [0, 0.05) is 18.0 Å². The van der Waals surface area contributed by atoms with Gasteiger partial charge in [-0.3, -0.25) is 4.79 Å². The maximum absolute atomic E-state index is 10.7. The van der Waals surface area contributed by atoms with Crippen molar-refractivity contribution in [3.63, 3.8) is 0 Å². The van der Waals surface area contributed by atoms with Gasteiger partial charge in [0.1, 0.15) is 12.4 Å². The average Bonchev–Trinajstić information content (AvgIpc) is 2.39. The summed E-state index contributed by atoms with van der Waals surface area (Å²) < 4.78 is 5.62. The average molecular weight is 283 g/mol. The van der Waals surface area contributed by atoms with Crippen LogP contribution in [0.15, 0.2) is 29.2 Å². The number of hydrogen-bond acceptors (Lipinski definition) is 4. The zero-order valence-electron chi connectivity index (χ0n) is 11.6. The fourth-order valence-electron chi connectivity index (χ4n) is 1.63. The number of thioether (sulfide) groups is 1. The van der Waals surface area contributed by atoms with Crippen LogP contribution in [-0.2, 0) is 4.79 Å². The lowest BCUT2D eigenvalue weighted by Gasteiger charge is -2.19. The first-order chi connectivity index (χ1) is 9.02. The van der Waals surface area contributed by atoms with E-state index in [0.29, 0.717) is 19.7 Å². The molecule has 0 heterocycles. The van der Waals surface area contributed by atoms with Crippen LogP contribution in [0, 0.1) is 5.92 Å². The largest absolute Gasteiger partial charge is 0.492 e. The van der Waals surface area contributed by atoms with E-state index in [9.17, 15) is 4.79 Å². The van der Waals surface area contributed by atoms with E-state index < -0.39 is 5.97 Å². The number of carboxylic acids is 1. The van der Waals surface area contributed by atoms with Crippen molar-refractivity contribution in [1.82, 2.24) is 4.90 Å². The monoisotopic (exact) mass is 283 g/mol. The molecular weight excluding hydrogens is 262 g/mol. The van der Waals surface area contributed by atoms with Crippen molar-refractivity contribution >= 4 is 17.7 Å². The summed E-state index contributed by atoms with van der Waals surface area (Å²) in [6, 6.07) is 7.95. The molecule has 1 unspecified atom stereocenters. The maximum atomic E-state index is 10.7. The van der Waals surface area contributed by atoms with Crippen molar-refractivity contribution in [2.24, 2.45) is 5.92 Å². The summed E-state index contributed by atoms with van der Waals surface area (Å²) in [7, 11) is 1.90. The number of benzene rings is 1. The third kappa shape index (κ3) is 5.98. The number of aliphatic carboxylic acids is 1. The molecule has 0 aromatic heterocycles. The summed E-state index contributed by atoms with van der Waals surface area (Å²) in [5.41, 5.74) is 0. The number of carbonyl (C=O) groups is 1. The van der Waals surface area contributed by atoms with Crippen LogP contribution in [-0.4, -0.2) is 49.0 Å². The van der Waals surface area contributed by atoms with E-state index in [1.807, 2.05) is 42.5 Å². The molecule has 1 rings (SSSR count). The van der Waals surface area contributed by atoms with Crippen LogP contribution >= 0.6 is 11.8 Å². The van der Waals surface area contributed by atoms with Gasteiger partial charge in [-0.05, 0) is 37.6 Å². The predicted molar refractivity (Wildman–Crippen MR) is 78.0 cm³/mol. The lowest BCUT2D eigenvalue weighted by atomic mass is 10.2. The minimum absolute atomic E-state index is 0.356. The predicted octanol–water partition coefficient (Wildman–Crippen LogP) is 2.44. The molecule has 1 aromatic carbocycles. The first-order valence-electron chi connectivity index (χ1n) is 6.21. The van der Waals surface area contributed by atoms with Crippen molar-refractivity contribution in [2.75, 3.05) is 33.0 Å². The third-order valence-corrected chi connectivity index (χ3v) is 3.55. The quantitative estimate of drug-likeness (QED) is 0.743. The molecule has 0 aliphatic heterocycles. The van der Waals surface area contributed by atoms with Crippen molar-refractivity contribution in [3.8, 4) is 5.75 Å². The first kappa shape index (κ1) is 15.9. The molecule has 0 fully saturated rings. The Hall–Kier alpha value is -1.20. The van der Waals surface area contributed by atoms with Gasteiger partial charge in [0.05, 0.1) is 5.92 Å². The van der Waals surface area contributed by atoms with Crippen LogP contribution in [0.1, 0.15) is 6.92 Å². The number of nitrogens with zero attached hydrogens (tertiary/aromatic N) is 1. The number of likely N-dealkylation sites (N-methyl/N-ethyl adjacent to an activating group) is 1. The van der Waals surface area contributed by atoms with Gasteiger partial charge >= 0.3 is 5.97 Å². The second kappa shape index (κ2) is 8.07. The first-order valence-corrected chi connectivity index (χ1v) is 7.43. The lowest BCUT2D eigenvalue weighted by molar-refractivity contribution is -0.141. The van der Waals surface area contributed by atoms with Crippen LogP contribution < -0.4 is 4.74 Å². The third-order valence-electron chi connectivity index (χ3n) is 2.81. The molecule has 0 saturated carbocycles. The van der Waals surface area contributed by atoms with Crippen LogP contribution in [0.25, 0.3) is 0 Å². The molecule has 1 atom stereocenters. The number of ether oxygens (including phenoxy) is 1. The number of rotatable bonds is 8. The summed E-state index contributed by atoms with van der Waals surface area (Å²) in [4.78, 5) is 13.9. The molecule has 0 amide bonds. The molecule has 0 radical (unpaired) electrons. The minimum atomic E-state index is -0.763. The lowest BCUT2D eigenvalue weighted by Crippen LogP contribution is -2.31. The highest BCUT2D eigenvalue weighted by Gasteiger charge is 2.13. The smallest absolute Gasteiger partial charge is 0.307 e. The van der Waals surface area contributed by atoms with Crippen molar-refractivity contribution in [1.29, 1.82) is 0 Å². The Balaban J connectivity index is 2.27. The Morgan fingerprint density at radius 1 is 1.42 bits per heavy atom. The van der Waals surface area contributed by atoms with E-state index in [2.05, 4.69) is 0 Å². The van der Waals surface area contributed by atoms with Gasteiger partial charge in [-0.25, -0.2) is 0 Å². The normalized spacial score (nSPS) is 12.4. The van der Waals surface area contributed by atoms with Crippen LogP contribution in [0.5, 0.6) is 5.75 Å². The standard InChI is InChI=1S/C14H21NO3S/c1-11(14(16)17)10-15(2)8-9-18-12-4-6-13(19-3)7-5-12/h4-7,11H,8-10H2,1-3H3,(H,16,17). The van der Waals surface area contributed by atoms with Crippen molar-refractivity contribution in [3.05, 3.63) is 24.3 Å². The van der Waals surface area contributed by atoms with Gasteiger partial charge in [-0.1, -0.05) is 6.92 Å². The van der Waals surface area contributed by atoms with Gasteiger partial charge < -0.3 is 14.7 Å². The van der Waals surface area contributed by atoms with Crippen molar-refractivity contribution < 1.29 is 14.6 Å². The summed E-state index contributed by atoms with van der Waals surface area (Å²) in [5.74, 6) is -0.274. The number of hydrogen-bond donors (Lipinski definition) is 1. The van der Waals surface area contributed by atoms with E-state index in [1.165, 1.54) is 4.90 Å². The molecule has 0 saturated heterocycles. The van der Waals surface area contributed by atoms with Crippen LogP contribution in [0.2, 0.25) is 0 Å². The zero-order valence-corrected chi connectivity index (χ0v) is 12.4. The molecule has 0 bridgehead atoms. The minimum Gasteiger partial charge on any atom is -0.492 e. The Morgan fingerprint density at radius 3 is 2.58 bits per heavy atom. The maximum Gasteiger partial charge on any atom is 0.307 e. The van der Waals surface area contributed by atoms with E-state index in [-0.39, 0.29) is 5.92 Å². The van der Waals surface area contributed by atoms with E-state index in [0.717, 1.165) is 5.75 Å². The summed E-state index contributed by atoms with van der Waals surface area (Å²) in [6.07, 6.45) is 2.04. The highest BCUT2D eigenvalue weighted by Crippen LogP contribution is 2.18. The molecule has 0 aliphatic carbocycles. The molecule has 1 aromatic rings. The Labute approximate surface area is 118 Å². The molecule has 106 valence electrons. The fourth-order valence-corrected chi connectivity index (χ4v) is 2.04. The molecule has 0 spiro atoms. The second-order valence-electron chi connectivity index (χ2n) is 4.53. The Bertz CT molecular complexity index is 394. The van der Waals surface area contributed by atoms with Crippen molar-refractivity contribution in [2.45, 2.75) is 11.8 Å². The van der Waals surface area contributed by atoms with E-state index >= 15 is 0 Å². The zero-order chi connectivity index (χ0) is 14.3. The molecule has 5 heteroatoms. The highest BCUT2D eigenvalue weighted by atomic mass is 32.2. The molecule has 1 N–H and O–H groups in total. The molecule has 0 aliphatic rings. The summed E-state index contributed by atoms with van der Waals surface area (Å²) in [6.45, 7) is 3.51. The van der Waals surface area contributed by atoms with Gasteiger partial charge in [-0.2, -0.15) is 0 Å². The number of carboxylic acid groups (broad SMARTS) is 1. The van der Waals surface area contributed by atoms with E-state index in [4.69, 9.17) is 9.84 Å². The SMILES string of the molecule is CSc1ccc(OCCN(C)CC(C)C(=O)O)cc1. The Morgan fingerprint density at radius 2 is 2.05 bits per heavy atom. The van der Waals surface area contributed by atoms with Gasteiger partial charge in [0.25, 0.3) is 0 Å². The summed E-state index contributed by atoms with van der Waals surface area (Å²) >= 11 is 1.70. The second-order valence-corrected chi connectivity index (χ2v) is 5.41. The van der Waals surface area contributed by atoms with Gasteiger partial charge in [-0.15, -0.1) is 11.8 Å². The molecule has 4 nitrogen and oxygen atoms in total. The highest BCUT2D eigenvalue weighted by molar-refractivity contribution is 7.98. The van der Waals surface area contributed by atoms with E-state index in [1.54, 1.807) is 18.7 Å². The van der Waals surface area contributed by atoms with Crippen LogP contribution in [0.3, 0.4) is 0 Å². The van der Waals surface area contributed by atoms with Gasteiger partial charge in [0.2, 0.25) is 0 Å². The van der Waals surface area contributed by atoms with Gasteiger partial charge in [0.15, 0.2) is 0 Å². The topological polar surface area (TPSA) is 49.8 Å². The Kier molecular flexibility index (Phi) is 6.73. The molecule has 19 heavy (non-hydrogen) atoms. The summed E-state index contributed by atoms with van der Waals surface area (Å²) in [5, 5.41) is 8.82. The van der Waals surface area contributed by atoms with Crippen LogP contribution in [0.4, 0.5) is 0 Å². The fraction of sp³-hybridized carbons (Fsp3) is 0.500.